The number of ketones is 3. The Balaban J connectivity index is 0.858. The van der Waals surface area contributed by atoms with Gasteiger partial charge in [-0.05, 0) is 79.9 Å². The molecule has 1 saturated heterocycles. The molecular formula is C92H141N7O26S. The number of benzene rings is 2. The van der Waals surface area contributed by atoms with Gasteiger partial charge in [0.15, 0.2) is 17.7 Å². The molecule has 33 nitrogen and oxygen atoms in total. The van der Waals surface area contributed by atoms with E-state index in [1.54, 1.807) is 60.3 Å². The van der Waals surface area contributed by atoms with Crippen molar-refractivity contribution >= 4 is 82.0 Å². The van der Waals surface area contributed by atoms with E-state index in [-0.39, 0.29) is 161 Å². The van der Waals surface area contributed by atoms with Gasteiger partial charge in [-0.1, -0.05) is 109 Å². The zero-order valence-corrected chi connectivity index (χ0v) is 76.9. The maximum atomic E-state index is 14.6. The number of hydrogen-bond donors (Lipinski definition) is 3. The average Bonchev–Trinajstić information content (AvgIpc) is 1.47. The van der Waals surface area contributed by atoms with Gasteiger partial charge in [0.2, 0.25) is 23.6 Å². The Morgan fingerprint density at radius 3 is 1.56 bits per heavy atom. The number of thiazole rings is 1. The third kappa shape index (κ3) is 44.2. The van der Waals surface area contributed by atoms with Crippen LogP contribution < -0.4 is 16.0 Å². The fourth-order valence-corrected chi connectivity index (χ4v) is 14.9. The predicted octanol–water partition coefficient (Wildman–Crippen LogP) is 8.01. The van der Waals surface area contributed by atoms with Gasteiger partial charge in [0, 0.05) is 120 Å². The zero-order valence-electron chi connectivity index (χ0n) is 76.1. The highest BCUT2D eigenvalue weighted by atomic mass is 32.1. The second-order valence-corrected chi connectivity index (χ2v) is 33.0. The summed E-state index contributed by atoms with van der Waals surface area (Å²) in [5, 5.41) is 10.8. The summed E-state index contributed by atoms with van der Waals surface area (Å²) in [6.07, 6.45) is 5.75. The molecule has 706 valence electrons. The summed E-state index contributed by atoms with van der Waals surface area (Å²) in [4.78, 5) is 166. The number of esters is 2. The summed E-state index contributed by atoms with van der Waals surface area (Å²) in [5.74, 6) is -5.96. The van der Waals surface area contributed by atoms with Crippen LogP contribution in [0.25, 0.3) is 0 Å². The number of piperidine rings is 1. The van der Waals surface area contributed by atoms with Gasteiger partial charge in [-0.3, -0.25) is 62.4 Å². The lowest BCUT2D eigenvalue weighted by Crippen LogP contribution is -2.50. The monoisotopic (exact) mass is 1790 g/mol. The molecule has 0 aliphatic carbocycles. The maximum Gasteiger partial charge on any atom is 0.306 e. The summed E-state index contributed by atoms with van der Waals surface area (Å²) in [6.45, 7) is 28.0. The van der Waals surface area contributed by atoms with Gasteiger partial charge >= 0.3 is 11.9 Å². The standard InChI is InChI=1S/C92H141N7O26S/c1-12-67(6)78(61-83(104)80-21-16-17-31-98(80)70(9)100)92(111)97(11)81(66(4)5)62-84(125-71(10)101)91-96-79(64-126-91)90(110)95-75(58-72-19-14-13-15-20-72)57-68(7)88(108)93-30-18-22-87(107)124-63-74-25-23-73(24-26-74)59-82(103)69(8)94-89(109)77(65(2)3)60-76(102)29-33-112-35-37-114-39-41-116-43-45-118-47-49-120-51-53-122-55-56-123-54-52-121-50-48-119-46-44-117-42-40-115-38-36-113-34-32-99-85(105)27-28-86(99)106/h13-15,19-20,23-28,64-69,75,77-78,80-81,84H,12,16-18,21-22,29-63H2,1-11H3,(H,93,108)(H,94,109)(H,95,110)/t67-,68-,69-,75+,77-,78-,80+,81+,84+/m0/s1. The van der Waals surface area contributed by atoms with Gasteiger partial charge in [0.1, 0.15) is 23.1 Å². The first-order valence-corrected chi connectivity index (χ1v) is 45.4. The van der Waals surface area contributed by atoms with Crippen LogP contribution >= 0.6 is 11.3 Å². The van der Waals surface area contributed by atoms with Crippen LogP contribution in [0.3, 0.4) is 0 Å². The van der Waals surface area contributed by atoms with E-state index in [0.717, 1.165) is 34.6 Å². The van der Waals surface area contributed by atoms with Crippen LogP contribution in [0.2, 0.25) is 0 Å². The van der Waals surface area contributed by atoms with E-state index in [1.807, 2.05) is 71.9 Å². The smallest absolute Gasteiger partial charge is 0.306 e. The van der Waals surface area contributed by atoms with Crippen LogP contribution in [0.4, 0.5) is 0 Å². The second-order valence-electron chi connectivity index (χ2n) is 32.1. The zero-order chi connectivity index (χ0) is 91.8. The Morgan fingerprint density at radius 2 is 1.07 bits per heavy atom. The highest BCUT2D eigenvalue weighted by molar-refractivity contribution is 7.09. The van der Waals surface area contributed by atoms with Crippen molar-refractivity contribution in [3.63, 3.8) is 0 Å². The van der Waals surface area contributed by atoms with E-state index in [2.05, 4.69) is 16.0 Å². The van der Waals surface area contributed by atoms with Gasteiger partial charge in [-0.25, -0.2) is 4.98 Å². The Hall–Kier alpha value is -8.23. The van der Waals surface area contributed by atoms with Crippen molar-refractivity contribution in [1.82, 2.24) is 35.6 Å². The minimum absolute atomic E-state index is 0.000394. The molecule has 0 unspecified atom stereocenters. The summed E-state index contributed by atoms with van der Waals surface area (Å²) in [6, 6.07) is 14.2. The number of amides is 7. The minimum atomic E-state index is -0.921. The van der Waals surface area contributed by atoms with Crippen molar-refractivity contribution in [1.29, 1.82) is 0 Å². The number of imide groups is 1. The molecular weight excluding hydrogens is 1650 g/mol. The van der Waals surface area contributed by atoms with E-state index < -0.39 is 65.9 Å². The van der Waals surface area contributed by atoms with Crippen molar-refractivity contribution < 1.29 is 124 Å². The summed E-state index contributed by atoms with van der Waals surface area (Å²) in [5.41, 5.74) is 2.41. The molecule has 0 bridgehead atoms. The molecule has 0 radical (unpaired) electrons. The first-order valence-electron chi connectivity index (χ1n) is 44.5. The Kier molecular flexibility index (Phi) is 54.7. The number of aromatic nitrogens is 1. The highest BCUT2D eigenvalue weighted by Crippen LogP contribution is 2.34. The third-order valence-corrected chi connectivity index (χ3v) is 22.5. The Morgan fingerprint density at radius 1 is 0.563 bits per heavy atom. The fourth-order valence-electron chi connectivity index (χ4n) is 14.0. The number of likely N-dealkylation sites (tertiary alicyclic amines) is 1. The van der Waals surface area contributed by atoms with Crippen LogP contribution in [0.5, 0.6) is 0 Å². The molecule has 9 atom stereocenters. The van der Waals surface area contributed by atoms with Gasteiger partial charge in [0.05, 0.1) is 177 Å². The minimum Gasteiger partial charge on any atom is -0.461 e. The molecule has 3 N–H and O–H groups in total. The molecule has 7 amide bonds. The molecule has 5 rings (SSSR count). The second kappa shape index (κ2) is 63.7. The summed E-state index contributed by atoms with van der Waals surface area (Å²) in [7, 11) is 1.71. The Bertz CT molecular complexity index is 3720. The molecule has 2 aliphatic rings. The number of nitrogens with one attached hydrogen (secondary N) is 3. The van der Waals surface area contributed by atoms with Crippen LogP contribution in [0.15, 0.2) is 72.1 Å². The molecule has 0 spiro atoms. The van der Waals surface area contributed by atoms with Crippen LogP contribution in [-0.4, -0.2) is 300 Å². The number of carbonyl (C=O) groups is 12. The lowest BCUT2D eigenvalue weighted by atomic mass is 9.82. The average molecular weight is 1790 g/mol. The first-order chi connectivity index (χ1) is 60.7. The summed E-state index contributed by atoms with van der Waals surface area (Å²) >= 11 is 1.15. The Labute approximate surface area is 747 Å². The van der Waals surface area contributed by atoms with Crippen molar-refractivity contribution in [2.75, 3.05) is 185 Å². The maximum absolute atomic E-state index is 14.6. The van der Waals surface area contributed by atoms with Crippen LogP contribution in [0, 0.1) is 35.5 Å². The molecule has 3 aromatic rings. The fraction of sp³-hybridized carbons (Fsp3) is 0.685. The largest absolute Gasteiger partial charge is 0.461 e. The molecule has 2 aromatic carbocycles. The molecule has 3 heterocycles. The first kappa shape index (κ1) is 108. The van der Waals surface area contributed by atoms with Crippen LogP contribution in [0.1, 0.15) is 178 Å². The van der Waals surface area contributed by atoms with Gasteiger partial charge in [-0.15, -0.1) is 11.3 Å². The van der Waals surface area contributed by atoms with Crippen molar-refractivity contribution in [3.8, 4) is 0 Å². The number of ether oxygens (including phenoxy) is 14. The molecule has 2 aliphatic heterocycles. The van der Waals surface area contributed by atoms with Gasteiger partial charge in [0.25, 0.3) is 17.7 Å². The number of rotatable bonds is 72. The van der Waals surface area contributed by atoms with E-state index in [1.165, 1.54) is 26.0 Å². The van der Waals surface area contributed by atoms with Crippen LogP contribution in [-0.2, 0) is 139 Å². The molecule has 34 heteroatoms. The number of Topliss-reactive ketones (excluding diaryl/α,β-unsaturated/α-hetero) is 3. The third-order valence-electron chi connectivity index (χ3n) is 21.6. The molecule has 0 saturated carbocycles. The lowest BCUT2D eigenvalue weighted by Gasteiger charge is -2.38. The number of nitrogens with zero attached hydrogens (tertiary/aromatic N) is 4. The lowest BCUT2D eigenvalue weighted by molar-refractivity contribution is -0.150. The van der Waals surface area contributed by atoms with E-state index in [0.29, 0.717) is 187 Å². The number of carbonyl (C=O) groups excluding carboxylic acids is 12. The molecule has 1 aromatic heterocycles. The molecule has 126 heavy (non-hydrogen) atoms. The normalized spacial score (nSPS) is 15.4. The van der Waals surface area contributed by atoms with E-state index >= 15 is 0 Å². The van der Waals surface area contributed by atoms with E-state index in [9.17, 15) is 57.5 Å². The van der Waals surface area contributed by atoms with Crippen molar-refractivity contribution in [2.24, 2.45) is 35.5 Å². The molecule has 1 fully saturated rings. The number of hydrogen-bond acceptors (Lipinski definition) is 28. The van der Waals surface area contributed by atoms with Gasteiger partial charge < -0.3 is 92.1 Å². The van der Waals surface area contributed by atoms with E-state index in [4.69, 9.17) is 71.3 Å². The van der Waals surface area contributed by atoms with Crippen molar-refractivity contribution in [2.45, 2.75) is 190 Å². The predicted molar refractivity (Wildman–Crippen MR) is 468 cm³/mol. The van der Waals surface area contributed by atoms with Gasteiger partial charge in [-0.2, -0.15) is 0 Å². The topological polar surface area (TPSA) is 393 Å². The van der Waals surface area contributed by atoms with Crippen molar-refractivity contribution in [3.05, 3.63) is 99.5 Å². The summed E-state index contributed by atoms with van der Waals surface area (Å²) < 4.78 is 77.6. The highest BCUT2D eigenvalue weighted by Gasteiger charge is 2.40. The quantitative estimate of drug-likeness (QED) is 0.0273. The SMILES string of the molecule is CC[C@H](C)[C@H](CC(=O)[C@H]1CCCCN1C(C)=O)C(=O)N(C)[C@H](C[C@@H](OC(C)=O)c1nc(C(=O)N[C@@H](Cc2ccccc2)C[C@H](C)C(=O)NCCCC(=O)OCc2ccc(CC(=O)[C@H](C)NC(=O)[C@@H](CC(=O)CCOCCOCCOCCOCCOCCOCCOCCOCCOCCOCCOCCOCCN3C(=O)C=CC3=O)C(C)C)cc2)cs1)C(C)C.